The fourth-order valence-corrected chi connectivity index (χ4v) is 1.75. The lowest BCUT2D eigenvalue weighted by atomic mass is 10.2. The Hall–Kier alpha value is -2.33. The van der Waals surface area contributed by atoms with E-state index >= 15 is 0 Å². The Morgan fingerprint density at radius 1 is 1.48 bits per heavy atom. The highest BCUT2D eigenvalue weighted by atomic mass is 19.3. The summed E-state index contributed by atoms with van der Waals surface area (Å²) in [5.74, 6) is 1.42. The van der Waals surface area contributed by atoms with Crippen LogP contribution in [0.5, 0.6) is 11.5 Å². The number of hydrogen-bond acceptors (Lipinski definition) is 4. The predicted octanol–water partition coefficient (Wildman–Crippen LogP) is 1.82. The summed E-state index contributed by atoms with van der Waals surface area (Å²) in [4.78, 5) is 12.3. The third-order valence-electron chi connectivity index (χ3n) is 2.52. The summed E-state index contributed by atoms with van der Waals surface area (Å²) in [6, 6.07) is 4.39. The van der Waals surface area contributed by atoms with Crippen molar-refractivity contribution < 1.29 is 28.2 Å². The van der Waals surface area contributed by atoms with Gasteiger partial charge in [0.05, 0.1) is 20.2 Å². The zero-order valence-corrected chi connectivity index (χ0v) is 11.4. The molecule has 0 radical (unpaired) electrons. The molecule has 0 bridgehead atoms. The van der Waals surface area contributed by atoms with Gasteiger partial charge in [-0.15, -0.1) is 6.42 Å². The molecule has 114 valence electrons. The van der Waals surface area contributed by atoms with Gasteiger partial charge < -0.3 is 14.6 Å². The average molecular weight is 299 g/mol. The molecule has 1 aromatic rings. The van der Waals surface area contributed by atoms with Gasteiger partial charge in [0.1, 0.15) is 0 Å². The number of benzene rings is 1. The zero-order chi connectivity index (χ0) is 15.8. The molecular weight excluding hydrogens is 284 g/mol. The molecule has 0 unspecified atom stereocenters. The molecule has 0 aliphatic carbocycles. The van der Waals surface area contributed by atoms with Crippen molar-refractivity contribution in [2.24, 2.45) is 0 Å². The minimum atomic E-state index is -2.95. The van der Waals surface area contributed by atoms with Crippen molar-refractivity contribution in [3.05, 3.63) is 23.8 Å². The van der Waals surface area contributed by atoms with Gasteiger partial charge in [-0.1, -0.05) is 12.0 Å². The summed E-state index contributed by atoms with van der Waals surface area (Å²) in [6.45, 7) is -2.76. The minimum absolute atomic E-state index is 0.0852. The lowest BCUT2D eigenvalue weighted by Crippen LogP contribution is -2.29. The number of methoxy groups -OCH3 is 1. The van der Waals surface area contributed by atoms with Gasteiger partial charge in [-0.2, -0.15) is 8.78 Å². The molecule has 0 saturated heterocycles. The van der Waals surface area contributed by atoms with Crippen LogP contribution < -0.4 is 9.47 Å². The van der Waals surface area contributed by atoms with Crippen molar-refractivity contribution in [3.63, 3.8) is 0 Å². The molecule has 1 N–H and O–H groups in total. The summed E-state index contributed by atoms with van der Waals surface area (Å²) in [7, 11) is 1.33. The van der Waals surface area contributed by atoms with Crippen LogP contribution in [0.4, 0.5) is 8.78 Å². The quantitative estimate of drug-likeness (QED) is 0.742. The molecule has 0 heterocycles. The van der Waals surface area contributed by atoms with E-state index in [0.29, 0.717) is 5.56 Å². The minimum Gasteiger partial charge on any atom is -0.493 e. The normalized spacial score (nSPS) is 10.5. The summed E-state index contributed by atoms with van der Waals surface area (Å²) in [5.41, 5.74) is 0.671. The molecule has 5 nitrogen and oxygen atoms in total. The van der Waals surface area contributed by atoms with Gasteiger partial charge in [-0.25, -0.2) is 0 Å². The lowest BCUT2D eigenvalue weighted by molar-refractivity contribution is -0.138. The van der Waals surface area contributed by atoms with Crippen molar-refractivity contribution in [2.45, 2.75) is 13.2 Å². The highest BCUT2D eigenvalue weighted by Crippen LogP contribution is 2.29. The maximum atomic E-state index is 12.2. The highest BCUT2D eigenvalue weighted by Gasteiger charge is 2.13. The zero-order valence-electron chi connectivity index (χ0n) is 11.4. The molecule has 0 spiro atoms. The summed E-state index contributed by atoms with van der Waals surface area (Å²) >= 11 is 0. The lowest BCUT2D eigenvalue weighted by Gasteiger charge is -2.18. The SMILES string of the molecule is C#CCN(CC(=O)O)Cc1ccc(OC(F)F)c(OC)c1. The highest BCUT2D eigenvalue weighted by molar-refractivity contribution is 5.69. The Morgan fingerprint density at radius 2 is 2.19 bits per heavy atom. The summed E-state index contributed by atoms with van der Waals surface area (Å²) in [5, 5.41) is 8.79. The number of carbonyl (C=O) groups is 1. The summed E-state index contributed by atoms with van der Waals surface area (Å²) in [6.07, 6.45) is 5.18. The first-order valence-corrected chi connectivity index (χ1v) is 5.95. The second-order valence-corrected chi connectivity index (χ2v) is 4.11. The van der Waals surface area contributed by atoms with Gasteiger partial charge in [0.15, 0.2) is 11.5 Å². The van der Waals surface area contributed by atoms with Crippen molar-refractivity contribution in [3.8, 4) is 23.8 Å². The van der Waals surface area contributed by atoms with Crippen molar-refractivity contribution in [1.82, 2.24) is 4.90 Å². The van der Waals surface area contributed by atoms with Crippen molar-refractivity contribution >= 4 is 5.97 Å². The fraction of sp³-hybridized carbons (Fsp3) is 0.357. The molecular formula is C14H15F2NO4. The predicted molar refractivity (Wildman–Crippen MR) is 71.4 cm³/mol. The number of ether oxygens (including phenoxy) is 2. The molecule has 0 fully saturated rings. The van der Waals surface area contributed by atoms with E-state index < -0.39 is 12.6 Å². The number of rotatable bonds is 8. The fourth-order valence-electron chi connectivity index (χ4n) is 1.75. The molecule has 0 aromatic heterocycles. The van der Waals surface area contributed by atoms with Crippen LogP contribution in [-0.2, 0) is 11.3 Å². The molecule has 0 aliphatic heterocycles. The number of terminal acetylenes is 1. The van der Waals surface area contributed by atoms with Crippen LogP contribution in [0, 0.1) is 12.3 Å². The maximum absolute atomic E-state index is 12.2. The molecule has 21 heavy (non-hydrogen) atoms. The van der Waals surface area contributed by atoms with Gasteiger partial charge in [0.25, 0.3) is 0 Å². The number of carboxylic acid groups (broad SMARTS) is 1. The van der Waals surface area contributed by atoms with Gasteiger partial charge >= 0.3 is 12.6 Å². The molecule has 0 saturated carbocycles. The van der Waals surface area contributed by atoms with E-state index in [4.69, 9.17) is 16.3 Å². The number of aliphatic carboxylic acids is 1. The van der Waals surface area contributed by atoms with E-state index in [1.807, 2.05) is 0 Å². The van der Waals surface area contributed by atoms with Crippen molar-refractivity contribution in [2.75, 3.05) is 20.2 Å². The topological polar surface area (TPSA) is 59.0 Å². The molecule has 0 amide bonds. The Bertz CT molecular complexity index is 528. The van der Waals surface area contributed by atoms with Crippen LogP contribution in [-0.4, -0.2) is 42.8 Å². The van der Waals surface area contributed by atoms with Crippen LogP contribution in [0.2, 0.25) is 0 Å². The smallest absolute Gasteiger partial charge is 0.387 e. The first-order valence-electron chi connectivity index (χ1n) is 5.95. The number of hydrogen-bond donors (Lipinski definition) is 1. The van der Waals surface area contributed by atoms with Gasteiger partial charge in [-0.3, -0.25) is 9.69 Å². The third-order valence-corrected chi connectivity index (χ3v) is 2.52. The van der Waals surface area contributed by atoms with E-state index in [9.17, 15) is 13.6 Å². The van der Waals surface area contributed by atoms with Crippen LogP contribution in [0.3, 0.4) is 0 Å². The number of alkyl halides is 2. The standard InChI is InChI=1S/C14H15F2NO4/c1-3-6-17(9-13(18)19)8-10-4-5-11(21-14(15)16)12(7-10)20-2/h1,4-5,7,14H,6,8-9H2,2H3,(H,18,19). The van der Waals surface area contributed by atoms with Crippen molar-refractivity contribution in [1.29, 1.82) is 0 Å². The number of halogens is 2. The largest absolute Gasteiger partial charge is 0.493 e. The van der Waals surface area contributed by atoms with Gasteiger partial charge in [-0.05, 0) is 17.7 Å². The molecule has 1 aromatic carbocycles. The molecule has 0 aliphatic rings. The van der Waals surface area contributed by atoms with E-state index in [1.165, 1.54) is 24.1 Å². The van der Waals surface area contributed by atoms with E-state index in [-0.39, 0.29) is 31.1 Å². The Balaban J connectivity index is 2.87. The number of nitrogens with zero attached hydrogens (tertiary/aromatic N) is 1. The van der Waals surface area contributed by atoms with Gasteiger partial charge in [0.2, 0.25) is 0 Å². The van der Waals surface area contributed by atoms with Crippen LogP contribution in [0.15, 0.2) is 18.2 Å². The second kappa shape index (κ2) is 8.07. The van der Waals surface area contributed by atoms with E-state index in [2.05, 4.69) is 10.7 Å². The molecule has 1 rings (SSSR count). The number of carboxylic acids is 1. The summed E-state index contributed by atoms with van der Waals surface area (Å²) < 4.78 is 33.7. The first kappa shape index (κ1) is 16.7. The van der Waals surface area contributed by atoms with Crippen LogP contribution in [0.25, 0.3) is 0 Å². The average Bonchev–Trinajstić information content (AvgIpc) is 2.39. The Kier molecular flexibility index (Phi) is 6.43. The van der Waals surface area contributed by atoms with E-state index in [1.54, 1.807) is 6.07 Å². The molecule has 0 atom stereocenters. The van der Waals surface area contributed by atoms with E-state index in [0.717, 1.165) is 0 Å². The second-order valence-electron chi connectivity index (χ2n) is 4.11. The first-order chi connectivity index (χ1) is 9.96. The Morgan fingerprint density at radius 3 is 2.71 bits per heavy atom. The van der Waals surface area contributed by atoms with Gasteiger partial charge in [0, 0.05) is 6.54 Å². The third kappa shape index (κ3) is 5.67. The molecule has 7 heteroatoms. The van der Waals surface area contributed by atoms with Crippen LogP contribution in [0.1, 0.15) is 5.56 Å². The maximum Gasteiger partial charge on any atom is 0.387 e. The monoisotopic (exact) mass is 299 g/mol. The Labute approximate surface area is 121 Å². The van der Waals surface area contributed by atoms with Crippen LogP contribution >= 0.6 is 0 Å².